The Labute approximate surface area is 173 Å². The quantitative estimate of drug-likeness (QED) is 0.412. The van der Waals surface area contributed by atoms with Gasteiger partial charge in [-0.25, -0.2) is 0 Å². The monoisotopic (exact) mass is 408 g/mol. The van der Waals surface area contributed by atoms with E-state index in [-0.39, 0.29) is 12.1 Å². The van der Waals surface area contributed by atoms with Crippen LogP contribution in [0, 0.1) is 11.3 Å². The van der Waals surface area contributed by atoms with Gasteiger partial charge in [0.05, 0.1) is 6.54 Å². The number of carbonyl (C=O) groups excluding carboxylic acids is 2. The van der Waals surface area contributed by atoms with Crippen molar-refractivity contribution in [2.45, 2.75) is 18.4 Å². The summed E-state index contributed by atoms with van der Waals surface area (Å²) in [5.74, 6) is -1.03. The molecule has 1 aliphatic heterocycles. The van der Waals surface area contributed by atoms with Crippen LogP contribution in [0.25, 0.3) is 6.08 Å². The Hall–Kier alpha value is -2.81. The summed E-state index contributed by atoms with van der Waals surface area (Å²) < 4.78 is 0. The molecule has 0 atom stereocenters. The summed E-state index contributed by atoms with van der Waals surface area (Å²) in [4.78, 5) is 28.0. The molecular formula is C22H17ClN2O2S. The fourth-order valence-corrected chi connectivity index (χ4v) is 3.54. The number of nitrogens with zero attached hydrogens (tertiary/aromatic N) is 2. The number of benzene rings is 2. The number of halogens is 1. The van der Waals surface area contributed by atoms with Crippen LogP contribution in [-0.4, -0.2) is 23.0 Å². The molecule has 0 fully saturated rings. The first-order chi connectivity index (χ1) is 13.5. The number of nitriles is 1. The van der Waals surface area contributed by atoms with Crippen LogP contribution in [0.4, 0.5) is 0 Å². The number of rotatable bonds is 4. The maximum absolute atomic E-state index is 13.1. The lowest BCUT2D eigenvalue weighted by Gasteiger charge is -2.27. The molecule has 0 saturated carbocycles. The lowest BCUT2D eigenvalue weighted by atomic mass is 9.93. The van der Waals surface area contributed by atoms with Gasteiger partial charge in [-0.2, -0.15) is 5.26 Å². The van der Waals surface area contributed by atoms with Gasteiger partial charge >= 0.3 is 0 Å². The van der Waals surface area contributed by atoms with E-state index in [4.69, 9.17) is 11.6 Å². The van der Waals surface area contributed by atoms with E-state index in [1.54, 1.807) is 49.0 Å². The molecule has 0 radical (unpaired) electrons. The van der Waals surface area contributed by atoms with Gasteiger partial charge in [-0.1, -0.05) is 41.9 Å². The van der Waals surface area contributed by atoms with Crippen LogP contribution in [0.5, 0.6) is 0 Å². The SMILES string of the molecule is CSc1ccc(/C=C2/C(=O)N(Cc3ccccc3Cl)C(=O)C(C#N)=C2C)cc1. The first kappa shape index (κ1) is 19.9. The van der Waals surface area contributed by atoms with Crippen molar-refractivity contribution >= 4 is 41.3 Å². The highest BCUT2D eigenvalue weighted by Gasteiger charge is 2.35. The second kappa shape index (κ2) is 8.47. The van der Waals surface area contributed by atoms with E-state index >= 15 is 0 Å². The Morgan fingerprint density at radius 1 is 1.11 bits per heavy atom. The molecule has 0 bridgehead atoms. The van der Waals surface area contributed by atoms with Crippen LogP contribution in [0.1, 0.15) is 18.1 Å². The molecule has 2 aromatic carbocycles. The van der Waals surface area contributed by atoms with E-state index in [1.807, 2.05) is 36.6 Å². The summed E-state index contributed by atoms with van der Waals surface area (Å²) >= 11 is 7.82. The number of hydrogen-bond acceptors (Lipinski definition) is 4. The third kappa shape index (κ3) is 3.89. The fraction of sp³-hybridized carbons (Fsp3) is 0.136. The summed E-state index contributed by atoms with van der Waals surface area (Å²) in [5.41, 5.74) is 2.16. The van der Waals surface area contributed by atoms with Crippen molar-refractivity contribution in [3.05, 3.63) is 81.4 Å². The van der Waals surface area contributed by atoms with Gasteiger partial charge < -0.3 is 0 Å². The van der Waals surface area contributed by atoms with Crippen molar-refractivity contribution in [3.63, 3.8) is 0 Å². The third-order valence-corrected chi connectivity index (χ3v) is 5.65. The summed E-state index contributed by atoms with van der Waals surface area (Å²) in [6.07, 6.45) is 3.70. The fourth-order valence-electron chi connectivity index (χ4n) is 2.94. The van der Waals surface area contributed by atoms with Crippen molar-refractivity contribution in [1.29, 1.82) is 5.26 Å². The Kier molecular flexibility index (Phi) is 6.03. The zero-order chi connectivity index (χ0) is 20.3. The van der Waals surface area contributed by atoms with E-state index in [1.165, 1.54) is 0 Å². The van der Waals surface area contributed by atoms with Crippen LogP contribution in [0.3, 0.4) is 0 Å². The number of amides is 2. The Bertz CT molecular complexity index is 1050. The van der Waals surface area contributed by atoms with Crippen LogP contribution in [-0.2, 0) is 16.1 Å². The molecule has 0 N–H and O–H groups in total. The van der Waals surface area contributed by atoms with Gasteiger partial charge in [-0.3, -0.25) is 14.5 Å². The second-order valence-electron chi connectivity index (χ2n) is 6.23. The number of carbonyl (C=O) groups is 2. The highest BCUT2D eigenvalue weighted by molar-refractivity contribution is 7.98. The standard InChI is InChI=1S/C22H17ClN2O2S/c1-14-18(11-15-7-9-17(28-2)10-8-15)21(26)25(22(27)19(14)12-24)13-16-5-3-4-6-20(16)23/h3-11H,13H2,1-2H3/b18-11+. The molecule has 0 aliphatic carbocycles. The van der Waals surface area contributed by atoms with E-state index < -0.39 is 11.8 Å². The Morgan fingerprint density at radius 2 is 1.79 bits per heavy atom. The maximum atomic E-state index is 13.1. The maximum Gasteiger partial charge on any atom is 0.271 e. The third-order valence-electron chi connectivity index (χ3n) is 4.54. The topological polar surface area (TPSA) is 61.2 Å². The summed E-state index contributed by atoms with van der Waals surface area (Å²) in [6, 6.07) is 16.7. The zero-order valence-corrected chi connectivity index (χ0v) is 17.0. The van der Waals surface area contributed by atoms with Crippen molar-refractivity contribution in [1.82, 2.24) is 4.90 Å². The normalized spacial score (nSPS) is 15.9. The van der Waals surface area contributed by atoms with Gasteiger partial charge in [0, 0.05) is 15.5 Å². The molecule has 2 amide bonds. The second-order valence-corrected chi connectivity index (χ2v) is 7.52. The van der Waals surface area contributed by atoms with Crippen molar-refractivity contribution in [2.75, 3.05) is 6.26 Å². The van der Waals surface area contributed by atoms with Gasteiger partial charge in [0.25, 0.3) is 11.8 Å². The largest absolute Gasteiger partial charge is 0.271 e. The van der Waals surface area contributed by atoms with Crippen LogP contribution >= 0.6 is 23.4 Å². The first-order valence-electron chi connectivity index (χ1n) is 8.53. The molecule has 0 aromatic heterocycles. The molecular weight excluding hydrogens is 392 g/mol. The molecule has 2 aromatic rings. The average Bonchev–Trinajstić information content (AvgIpc) is 2.70. The predicted octanol–water partition coefficient (Wildman–Crippen LogP) is 4.85. The van der Waals surface area contributed by atoms with Gasteiger partial charge in [-0.15, -0.1) is 11.8 Å². The van der Waals surface area contributed by atoms with E-state index in [2.05, 4.69) is 0 Å². The van der Waals surface area contributed by atoms with Gasteiger partial charge in [-0.05, 0) is 54.2 Å². The highest BCUT2D eigenvalue weighted by Crippen LogP contribution is 2.29. The Morgan fingerprint density at radius 3 is 2.39 bits per heavy atom. The highest BCUT2D eigenvalue weighted by atomic mass is 35.5. The van der Waals surface area contributed by atoms with Crippen LogP contribution in [0.2, 0.25) is 5.02 Å². The molecule has 0 saturated heterocycles. The predicted molar refractivity (Wildman–Crippen MR) is 112 cm³/mol. The molecule has 140 valence electrons. The lowest BCUT2D eigenvalue weighted by Crippen LogP contribution is -2.42. The molecule has 0 spiro atoms. The number of thioether (sulfide) groups is 1. The average molecular weight is 409 g/mol. The molecule has 4 nitrogen and oxygen atoms in total. The molecule has 0 unspecified atom stereocenters. The molecule has 1 heterocycles. The molecule has 28 heavy (non-hydrogen) atoms. The smallest absolute Gasteiger partial charge is 0.269 e. The minimum absolute atomic E-state index is 0.0125. The number of hydrogen-bond donors (Lipinski definition) is 0. The minimum atomic E-state index is -0.597. The van der Waals surface area contributed by atoms with Crippen molar-refractivity contribution in [2.24, 2.45) is 0 Å². The summed E-state index contributed by atoms with van der Waals surface area (Å²) in [7, 11) is 0. The minimum Gasteiger partial charge on any atom is -0.269 e. The van der Waals surface area contributed by atoms with E-state index in [0.29, 0.717) is 21.7 Å². The van der Waals surface area contributed by atoms with Crippen molar-refractivity contribution < 1.29 is 9.59 Å². The lowest BCUT2D eigenvalue weighted by molar-refractivity contribution is -0.141. The first-order valence-corrected chi connectivity index (χ1v) is 10.1. The van der Waals surface area contributed by atoms with Crippen molar-refractivity contribution in [3.8, 4) is 6.07 Å². The van der Waals surface area contributed by atoms with E-state index in [0.717, 1.165) is 15.4 Å². The number of imide groups is 1. The summed E-state index contributed by atoms with van der Waals surface area (Å²) in [6.45, 7) is 1.64. The molecule has 1 aliphatic rings. The summed E-state index contributed by atoms with van der Waals surface area (Å²) in [5, 5.41) is 9.95. The zero-order valence-electron chi connectivity index (χ0n) is 15.4. The van der Waals surface area contributed by atoms with Crippen LogP contribution in [0.15, 0.2) is 70.1 Å². The van der Waals surface area contributed by atoms with Crippen LogP contribution < -0.4 is 0 Å². The van der Waals surface area contributed by atoms with E-state index in [9.17, 15) is 14.9 Å². The van der Waals surface area contributed by atoms with Gasteiger partial charge in [0.1, 0.15) is 11.6 Å². The molecule has 6 heteroatoms. The van der Waals surface area contributed by atoms with Gasteiger partial charge in [0.15, 0.2) is 0 Å². The van der Waals surface area contributed by atoms with Gasteiger partial charge in [0.2, 0.25) is 0 Å². The molecule has 3 rings (SSSR count). The Balaban J connectivity index is 2.04.